The highest BCUT2D eigenvalue weighted by atomic mass is 35.5. The van der Waals surface area contributed by atoms with Crippen LogP contribution in [0.1, 0.15) is 28.2 Å². The van der Waals surface area contributed by atoms with Crippen LogP contribution in [-0.4, -0.2) is 51.3 Å². The Morgan fingerprint density at radius 3 is 2.76 bits per heavy atom. The van der Waals surface area contributed by atoms with Crippen molar-refractivity contribution in [1.29, 1.82) is 0 Å². The lowest BCUT2D eigenvalue weighted by molar-refractivity contribution is -0.123. The minimum atomic E-state index is -0.324. The quantitative estimate of drug-likeness (QED) is 0.260. The Morgan fingerprint density at radius 2 is 2.00 bits per heavy atom. The number of nitrogens with two attached hydrogens (primary N) is 1. The van der Waals surface area contributed by atoms with Gasteiger partial charge in [0.1, 0.15) is 17.8 Å². The number of carbonyl (C=O) groups excluding carboxylic acids is 2. The zero-order chi connectivity index (χ0) is 25.5. The molecule has 0 saturated carbocycles. The number of halogens is 1. The molecule has 10 nitrogen and oxygen atoms in total. The fourth-order valence-corrected chi connectivity index (χ4v) is 4.32. The average Bonchev–Trinajstić information content (AvgIpc) is 3.29. The van der Waals surface area contributed by atoms with Crippen LogP contribution in [0.5, 0.6) is 5.75 Å². The van der Waals surface area contributed by atoms with Crippen LogP contribution in [0.4, 0.5) is 5.69 Å². The van der Waals surface area contributed by atoms with Gasteiger partial charge in [0, 0.05) is 42.7 Å². The molecule has 4 N–H and O–H groups in total. The number of aryl methyl sites for hydroxylation is 1. The van der Waals surface area contributed by atoms with E-state index in [9.17, 15) is 9.59 Å². The first-order chi connectivity index (χ1) is 17.4. The SMILES string of the molecule is C[C@H](Sc1nncn1C)c1cccc(NC(=O)c2cc3cc(OCC(=O)NCCN)ccc3cn2)c1.Cl. The second-order valence-electron chi connectivity index (χ2n) is 8.07. The summed E-state index contributed by atoms with van der Waals surface area (Å²) in [5.41, 5.74) is 7.37. The molecule has 2 heterocycles. The summed E-state index contributed by atoms with van der Waals surface area (Å²) in [6.45, 7) is 2.72. The number of anilines is 1. The van der Waals surface area contributed by atoms with Crippen LogP contribution in [0.25, 0.3) is 10.8 Å². The number of benzene rings is 2. The maximum absolute atomic E-state index is 12.9. The fourth-order valence-electron chi connectivity index (χ4n) is 3.41. The van der Waals surface area contributed by atoms with Gasteiger partial charge in [0.25, 0.3) is 11.8 Å². The van der Waals surface area contributed by atoms with E-state index in [2.05, 4.69) is 32.7 Å². The third kappa shape index (κ3) is 7.42. The Labute approximate surface area is 224 Å². The molecule has 0 fully saturated rings. The summed E-state index contributed by atoms with van der Waals surface area (Å²) in [4.78, 5) is 29.0. The maximum atomic E-state index is 12.9. The molecule has 0 radical (unpaired) electrons. The standard InChI is InChI=1S/C25H27N7O3S.ClH/c1-16(36-25-31-29-15-32(25)2)17-4-3-5-20(10-17)30-24(34)22-12-19-11-21(7-6-18(19)13-28-22)35-14-23(33)27-9-8-26;/h3-7,10-13,15-16H,8-9,14,26H2,1-2H3,(H,27,33)(H,30,34);1H/t16-;/m0./s1. The summed E-state index contributed by atoms with van der Waals surface area (Å²) in [6, 6.07) is 14.7. The summed E-state index contributed by atoms with van der Waals surface area (Å²) in [5.74, 6) is -0.0536. The van der Waals surface area contributed by atoms with Crippen LogP contribution in [0.3, 0.4) is 0 Å². The Kier molecular flexibility index (Phi) is 9.84. The Balaban J connectivity index is 0.00000380. The van der Waals surface area contributed by atoms with Crippen molar-refractivity contribution < 1.29 is 14.3 Å². The predicted octanol–water partition coefficient (Wildman–Crippen LogP) is 3.34. The number of aromatic nitrogens is 4. The number of fused-ring (bicyclic) bond motifs is 1. The van der Waals surface area contributed by atoms with E-state index in [1.54, 1.807) is 42.5 Å². The van der Waals surface area contributed by atoms with E-state index in [4.69, 9.17) is 10.5 Å². The van der Waals surface area contributed by atoms with Gasteiger partial charge in [-0.25, -0.2) is 0 Å². The first-order valence-electron chi connectivity index (χ1n) is 11.3. The van der Waals surface area contributed by atoms with Crippen LogP contribution < -0.4 is 21.1 Å². The summed E-state index contributed by atoms with van der Waals surface area (Å²) in [6.07, 6.45) is 3.30. The summed E-state index contributed by atoms with van der Waals surface area (Å²) in [7, 11) is 1.90. The van der Waals surface area contributed by atoms with Gasteiger partial charge in [0.15, 0.2) is 11.8 Å². The van der Waals surface area contributed by atoms with E-state index in [0.29, 0.717) is 24.5 Å². The van der Waals surface area contributed by atoms with Crippen molar-refractivity contribution in [2.24, 2.45) is 12.8 Å². The third-order valence-corrected chi connectivity index (χ3v) is 6.53. The van der Waals surface area contributed by atoms with Gasteiger partial charge >= 0.3 is 0 Å². The highest BCUT2D eigenvalue weighted by molar-refractivity contribution is 7.99. The highest BCUT2D eigenvalue weighted by Gasteiger charge is 2.14. The van der Waals surface area contributed by atoms with E-state index in [1.165, 1.54) is 0 Å². The predicted molar refractivity (Wildman–Crippen MR) is 146 cm³/mol. The minimum absolute atomic E-state index is 0. The number of rotatable bonds is 10. The lowest BCUT2D eigenvalue weighted by Crippen LogP contribution is -2.32. The molecule has 4 rings (SSSR count). The van der Waals surface area contributed by atoms with Gasteiger partial charge in [-0.15, -0.1) is 22.6 Å². The van der Waals surface area contributed by atoms with Crippen molar-refractivity contribution in [2.75, 3.05) is 25.0 Å². The van der Waals surface area contributed by atoms with Crippen molar-refractivity contribution >= 4 is 52.4 Å². The number of ether oxygens (including phenoxy) is 1. The number of hydrogen-bond donors (Lipinski definition) is 3. The molecule has 0 unspecified atom stereocenters. The topological polar surface area (TPSA) is 137 Å². The van der Waals surface area contributed by atoms with E-state index in [1.807, 2.05) is 41.9 Å². The van der Waals surface area contributed by atoms with Crippen LogP contribution >= 0.6 is 24.2 Å². The van der Waals surface area contributed by atoms with Gasteiger partial charge in [-0.1, -0.05) is 23.9 Å². The molecule has 0 aliphatic carbocycles. The third-order valence-electron chi connectivity index (χ3n) is 5.33. The summed E-state index contributed by atoms with van der Waals surface area (Å²) >= 11 is 1.59. The van der Waals surface area contributed by atoms with E-state index < -0.39 is 0 Å². The highest BCUT2D eigenvalue weighted by Crippen LogP contribution is 2.34. The molecule has 0 aliphatic rings. The number of thioether (sulfide) groups is 1. The van der Waals surface area contributed by atoms with Crippen LogP contribution in [0.15, 0.2) is 66.2 Å². The van der Waals surface area contributed by atoms with Crippen LogP contribution in [0.2, 0.25) is 0 Å². The zero-order valence-electron chi connectivity index (χ0n) is 20.4. The van der Waals surface area contributed by atoms with Gasteiger partial charge in [0.2, 0.25) is 0 Å². The first kappa shape index (κ1) is 27.9. The van der Waals surface area contributed by atoms with Gasteiger partial charge in [-0.05, 0) is 54.3 Å². The molecule has 1 atom stereocenters. The number of nitrogens with zero attached hydrogens (tertiary/aromatic N) is 4. The molecule has 0 aliphatic heterocycles. The van der Waals surface area contributed by atoms with E-state index in [-0.39, 0.29) is 41.8 Å². The largest absolute Gasteiger partial charge is 0.484 e. The molecular formula is C25H28ClN7O3S. The number of carbonyl (C=O) groups is 2. The van der Waals surface area contributed by atoms with Crippen molar-refractivity contribution in [3.63, 3.8) is 0 Å². The normalized spacial score (nSPS) is 11.4. The molecule has 0 saturated heterocycles. The molecule has 2 amide bonds. The zero-order valence-corrected chi connectivity index (χ0v) is 22.0. The van der Waals surface area contributed by atoms with Crippen molar-refractivity contribution in [1.82, 2.24) is 25.1 Å². The van der Waals surface area contributed by atoms with Crippen LogP contribution in [0, 0.1) is 0 Å². The summed E-state index contributed by atoms with van der Waals surface area (Å²) in [5, 5.41) is 16.2. The molecule has 2 aromatic carbocycles. The number of amides is 2. The van der Waals surface area contributed by atoms with Crippen molar-refractivity contribution in [3.8, 4) is 5.75 Å². The minimum Gasteiger partial charge on any atom is -0.484 e. The Morgan fingerprint density at radius 1 is 1.16 bits per heavy atom. The van der Waals surface area contributed by atoms with Crippen molar-refractivity contribution in [3.05, 3.63) is 72.3 Å². The molecule has 2 aromatic heterocycles. The van der Waals surface area contributed by atoms with Crippen LogP contribution in [-0.2, 0) is 11.8 Å². The molecule has 37 heavy (non-hydrogen) atoms. The fraction of sp³-hybridized carbons (Fsp3) is 0.240. The van der Waals surface area contributed by atoms with E-state index in [0.717, 1.165) is 21.5 Å². The lowest BCUT2D eigenvalue weighted by Gasteiger charge is -2.13. The van der Waals surface area contributed by atoms with Crippen molar-refractivity contribution in [2.45, 2.75) is 17.3 Å². The molecule has 0 bridgehead atoms. The number of nitrogens with one attached hydrogen (secondary N) is 2. The Hall–Kier alpha value is -3.67. The van der Waals surface area contributed by atoms with Gasteiger partial charge < -0.3 is 25.7 Å². The molecule has 194 valence electrons. The molecular weight excluding hydrogens is 514 g/mol. The maximum Gasteiger partial charge on any atom is 0.274 e. The monoisotopic (exact) mass is 541 g/mol. The van der Waals surface area contributed by atoms with Gasteiger partial charge in [-0.2, -0.15) is 0 Å². The average molecular weight is 542 g/mol. The van der Waals surface area contributed by atoms with Gasteiger partial charge in [-0.3, -0.25) is 14.6 Å². The summed E-state index contributed by atoms with van der Waals surface area (Å²) < 4.78 is 7.43. The molecule has 4 aromatic rings. The number of hydrogen-bond acceptors (Lipinski definition) is 8. The van der Waals surface area contributed by atoms with E-state index >= 15 is 0 Å². The Bertz CT molecular complexity index is 1380. The lowest BCUT2D eigenvalue weighted by atomic mass is 10.1. The number of pyridine rings is 1. The molecule has 12 heteroatoms. The smallest absolute Gasteiger partial charge is 0.274 e. The second-order valence-corrected chi connectivity index (χ2v) is 9.38. The second kappa shape index (κ2) is 13.0. The molecule has 0 spiro atoms. The first-order valence-corrected chi connectivity index (χ1v) is 12.2. The van der Waals surface area contributed by atoms with Gasteiger partial charge in [0.05, 0.1) is 0 Å².